The Morgan fingerprint density at radius 2 is 2.16 bits per heavy atom. The smallest absolute Gasteiger partial charge is 0.311 e. The van der Waals surface area contributed by atoms with Crippen molar-refractivity contribution < 1.29 is 14.8 Å². The number of nitro groups is 1. The molecule has 1 unspecified atom stereocenters. The van der Waals surface area contributed by atoms with Crippen LogP contribution in [0.25, 0.3) is 0 Å². The number of carboxylic acid groups (broad SMARTS) is 1. The number of carbonyl (C=O) groups is 1. The molecule has 2 rings (SSSR count). The van der Waals surface area contributed by atoms with Crippen molar-refractivity contribution in [2.75, 3.05) is 18.0 Å². The molecule has 1 fully saturated rings. The van der Waals surface area contributed by atoms with Crippen LogP contribution >= 0.6 is 0 Å². The zero-order chi connectivity index (χ0) is 14.2. The lowest BCUT2D eigenvalue weighted by molar-refractivity contribution is -0.384. The van der Waals surface area contributed by atoms with E-state index in [1.54, 1.807) is 13.8 Å². The van der Waals surface area contributed by atoms with Gasteiger partial charge in [-0.15, -0.1) is 0 Å². The van der Waals surface area contributed by atoms with Gasteiger partial charge in [-0.3, -0.25) is 14.9 Å². The molecule has 0 amide bonds. The Hall–Kier alpha value is -2.11. The topological polar surface area (TPSA) is 83.7 Å². The van der Waals surface area contributed by atoms with Crippen LogP contribution in [0.15, 0.2) is 18.2 Å². The summed E-state index contributed by atoms with van der Waals surface area (Å²) in [5.74, 6) is -0.822. The van der Waals surface area contributed by atoms with Crippen LogP contribution < -0.4 is 4.90 Å². The van der Waals surface area contributed by atoms with Gasteiger partial charge in [-0.2, -0.15) is 0 Å². The molecule has 6 nitrogen and oxygen atoms in total. The van der Waals surface area contributed by atoms with E-state index < -0.39 is 16.3 Å². The maximum atomic E-state index is 11.2. The second-order valence-electron chi connectivity index (χ2n) is 5.32. The number of benzene rings is 1. The van der Waals surface area contributed by atoms with Crippen molar-refractivity contribution in [1.29, 1.82) is 0 Å². The van der Waals surface area contributed by atoms with Crippen molar-refractivity contribution in [3.8, 4) is 0 Å². The minimum Gasteiger partial charge on any atom is -0.481 e. The number of rotatable bonds is 3. The molecule has 1 saturated heterocycles. The summed E-state index contributed by atoms with van der Waals surface area (Å²) >= 11 is 0. The van der Waals surface area contributed by atoms with Gasteiger partial charge in [0.2, 0.25) is 0 Å². The van der Waals surface area contributed by atoms with E-state index in [1.165, 1.54) is 12.1 Å². The maximum Gasteiger partial charge on any atom is 0.311 e. The highest BCUT2D eigenvalue weighted by molar-refractivity contribution is 5.76. The molecule has 1 heterocycles. The predicted molar refractivity (Wildman–Crippen MR) is 70.4 cm³/mol. The Balaban J connectivity index is 2.29. The Labute approximate surface area is 110 Å². The zero-order valence-electron chi connectivity index (χ0n) is 10.9. The SMILES string of the molecule is Cc1cc(N2CCC(C)(C(=O)O)C2)cc([N+](=O)[O-])c1. The molecule has 6 heteroatoms. The van der Waals surface area contributed by atoms with Crippen molar-refractivity contribution in [1.82, 2.24) is 0 Å². The Morgan fingerprint density at radius 3 is 2.68 bits per heavy atom. The number of aryl methyl sites for hydroxylation is 1. The molecule has 1 aromatic rings. The lowest BCUT2D eigenvalue weighted by Crippen LogP contribution is -2.31. The van der Waals surface area contributed by atoms with Crippen molar-refractivity contribution in [2.45, 2.75) is 20.3 Å². The summed E-state index contributed by atoms with van der Waals surface area (Å²) in [6.45, 7) is 4.48. The first-order valence-electron chi connectivity index (χ1n) is 6.06. The highest BCUT2D eigenvalue weighted by atomic mass is 16.6. The molecule has 1 aliphatic heterocycles. The lowest BCUT2D eigenvalue weighted by Gasteiger charge is -2.22. The second-order valence-corrected chi connectivity index (χ2v) is 5.32. The number of hydrogen-bond donors (Lipinski definition) is 1. The molecule has 0 aromatic heterocycles. The lowest BCUT2D eigenvalue weighted by atomic mass is 9.90. The molecular formula is C13H16N2O4. The van der Waals surface area contributed by atoms with Crippen LogP contribution in [0.5, 0.6) is 0 Å². The van der Waals surface area contributed by atoms with Crippen molar-refractivity contribution >= 4 is 17.3 Å². The third-order valence-corrected chi connectivity index (χ3v) is 3.61. The molecule has 0 aliphatic carbocycles. The van der Waals surface area contributed by atoms with Crippen molar-refractivity contribution in [2.24, 2.45) is 5.41 Å². The average molecular weight is 264 g/mol. The van der Waals surface area contributed by atoms with Gasteiger partial charge in [-0.25, -0.2) is 0 Å². The van der Waals surface area contributed by atoms with Gasteiger partial charge >= 0.3 is 5.97 Å². The van der Waals surface area contributed by atoms with Crippen LogP contribution in [-0.4, -0.2) is 29.1 Å². The van der Waals surface area contributed by atoms with Crippen LogP contribution in [0, 0.1) is 22.5 Å². The fraction of sp³-hybridized carbons (Fsp3) is 0.462. The zero-order valence-corrected chi connectivity index (χ0v) is 10.9. The summed E-state index contributed by atoms with van der Waals surface area (Å²) < 4.78 is 0. The predicted octanol–water partition coefficient (Wildman–Crippen LogP) is 2.20. The Kier molecular flexibility index (Phi) is 3.18. The molecule has 1 aromatic carbocycles. The third-order valence-electron chi connectivity index (χ3n) is 3.61. The summed E-state index contributed by atoms with van der Waals surface area (Å²) in [6.07, 6.45) is 0.546. The van der Waals surface area contributed by atoms with E-state index in [9.17, 15) is 20.0 Å². The molecule has 0 saturated carbocycles. The van der Waals surface area contributed by atoms with E-state index in [0.29, 0.717) is 19.5 Å². The first-order valence-corrected chi connectivity index (χ1v) is 6.06. The van der Waals surface area contributed by atoms with E-state index >= 15 is 0 Å². The van der Waals surface area contributed by atoms with Gasteiger partial charge in [0, 0.05) is 30.9 Å². The van der Waals surface area contributed by atoms with E-state index in [4.69, 9.17) is 0 Å². The molecular weight excluding hydrogens is 248 g/mol. The highest BCUT2D eigenvalue weighted by Crippen LogP contribution is 2.35. The molecule has 19 heavy (non-hydrogen) atoms. The standard InChI is InChI=1S/C13H16N2O4/c1-9-5-10(7-11(6-9)15(18)19)14-4-3-13(2,8-14)12(16)17/h5-7H,3-4,8H2,1-2H3,(H,16,17). The summed E-state index contributed by atoms with van der Waals surface area (Å²) in [6, 6.07) is 4.86. The van der Waals surface area contributed by atoms with E-state index in [-0.39, 0.29) is 5.69 Å². The van der Waals surface area contributed by atoms with Gasteiger partial charge in [0.05, 0.1) is 10.3 Å². The summed E-state index contributed by atoms with van der Waals surface area (Å²) in [7, 11) is 0. The van der Waals surface area contributed by atoms with Gasteiger partial charge in [-0.05, 0) is 31.9 Å². The highest BCUT2D eigenvalue weighted by Gasteiger charge is 2.40. The molecule has 0 bridgehead atoms. The largest absolute Gasteiger partial charge is 0.481 e. The number of nitrogens with zero attached hydrogens (tertiary/aromatic N) is 2. The number of hydrogen-bond acceptors (Lipinski definition) is 4. The number of anilines is 1. The second kappa shape index (κ2) is 4.53. The van der Waals surface area contributed by atoms with E-state index in [0.717, 1.165) is 11.3 Å². The first kappa shape index (κ1) is 13.3. The molecule has 1 N–H and O–H groups in total. The number of carboxylic acids is 1. The summed E-state index contributed by atoms with van der Waals surface area (Å²) in [4.78, 5) is 23.5. The number of aliphatic carboxylic acids is 1. The number of nitro benzene ring substituents is 1. The number of non-ortho nitro benzene ring substituents is 1. The summed E-state index contributed by atoms with van der Waals surface area (Å²) in [5, 5.41) is 20.0. The normalized spacial score (nSPS) is 22.5. The van der Waals surface area contributed by atoms with Crippen LogP contribution in [0.1, 0.15) is 18.9 Å². The molecule has 0 radical (unpaired) electrons. The quantitative estimate of drug-likeness (QED) is 0.668. The molecule has 1 aliphatic rings. The molecule has 102 valence electrons. The van der Waals surface area contributed by atoms with Gasteiger partial charge in [0.1, 0.15) is 0 Å². The Morgan fingerprint density at radius 1 is 1.47 bits per heavy atom. The van der Waals surface area contributed by atoms with Crippen LogP contribution in [0.2, 0.25) is 0 Å². The summed E-state index contributed by atoms with van der Waals surface area (Å²) in [5.41, 5.74) is 0.780. The van der Waals surface area contributed by atoms with Crippen LogP contribution in [0.3, 0.4) is 0 Å². The molecule has 0 spiro atoms. The van der Waals surface area contributed by atoms with Crippen LogP contribution in [-0.2, 0) is 4.79 Å². The fourth-order valence-corrected chi connectivity index (χ4v) is 2.39. The van der Waals surface area contributed by atoms with Crippen LogP contribution in [0.4, 0.5) is 11.4 Å². The van der Waals surface area contributed by atoms with Gasteiger partial charge < -0.3 is 10.0 Å². The third kappa shape index (κ3) is 2.52. The average Bonchev–Trinajstić information content (AvgIpc) is 2.72. The van der Waals surface area contributed by atoms with Gasteiger partial charge in [0.25, 0.3) is 5.69 Å². The van der Waals surface area contributed by atoms with Gasteiger partial charge in [-0.1, -0.05) is 0 Å². The molecule has 1 atom stereocenters. The monoisotopic (exact) mass is 264 g/mol. The van der Waals surface area contributed by atoms with Crippen molar-refractivity contribution in [3.63, 3.8) is 0 Å². The van der Waals surface area contributed by atoms with E-state index in [2.05, 4.69) is 0 Å². The van der Waals surface area contributed by atoms with E-state index in [1.807, 2.05) is 11.0 Å². The van der Waals surface area contributed by atoms with Gasteiger partial charge in [0.15, 0.2) is 0 Å². The fourth-order valence-electron chi connectivity index (χ4n) is 2.39. The Bertz CT molecular complexity index is 543. The minimum absolute atomic E-state index is 0.0407. The first-order chi connectivity index (χ1) is 8.82. The van der Waals surface area contributed by atoms with Crippen molar-refractivity contribution in [3.05, 3.63) is 33.9 Å². The maximum absolute atomic E-state index is 11.2. The minimum atomic E-state index is -0.822.